The van der Waals surface area contributed by atoms with Gasteiger partial charge in [0.05, 0.1) is 13.2 Å². The molecule has 2 aliphatic rings. The predicted octanol–water partition coefficient (Wildman–Crippen LogP) is 11.8. The molecule has 2 aliphatic heterocycles. The van der Waals surface area contributed by atoms with Crippen LogP contribution >= 0.6 is 23.2 Å². The molecular formula is C46H64Cl2O6. The first-order valence-electron chi connectivity index (χ1n) is 20.4. The van der Waals surface area contributed by atoms with Crippen LogP contribution in [0.15, 0.2) is 109 Å². The first kappa shape index (κ1) is 44.5. The maximum atomic E-state index is 6.44. The Balaban J connectivity index is 1.34. The van der Waals surface area contributed by atoms with E-state index in [4.69, 9.17) is 51.6 Å². The summed E-state index contributed by atoms with van der Waals surface area (Å²) in [5.74, 6) is 1.52. The second-order valence-electron chi connectivity index (χ2n) is 14.1. The van der Waals surface area contributed by atoms with Crippen molar-refractivity contribution in [3.63, 3.8) is 0 Å². The lowest BCUT2D eigenvalue weighted by Crippen LogP contribution is -2.30. The van der Waals surface area contributed by atoms with Crippen molar-refractivity contribution in [3.8, 4) is 0 Å². The van der Waals surface area contributed by atoms with Crippen LogP contribution in [0.5, 0.6) is 0 Å². The van der Waals surface area contributed by atoms with Gasteiger partial charge >= 0.3 is 0 Å². The third-order valence-electron chi connectivity index (χ3n) is 9.73. The molecule has 0 saturated heterocycles. The van der Waals surface area contributed by atoms with E-state index < -0.39 is 0 Å². The number of ether oxygens (including phenoxy) is 6. The van der Waals surface area contributed by atoms with Crippen LogP contribution in [-0.4, -0.2) is 62.0 Å². The van der Waals surface area contributed by atoms with Crippen molar-refractivity contribution in [1.82, 2.24) is 0 Å². The SMILES string of the molecule is ClCCCCCCCC/C=C/[C@@H](OCc1ccccc1)[C@H]1C=C[C@H]([C@H]2C=C[C@H]([C@@H](/C=C/CCCCCCCCCl)OCc3ccccc3)OCO2)OCO1. The monoisotopic (exact) mass is 782 g/mol. The molecule has 0 saturated carbocycles. The van der Waals surface area contributed by atoms with E-state index in [0.29, 0.717) is 13.2 Å². The van der Waals surface area contributed by atoms with Crippen LogP contribution in [0.3, 0.4) is 0 Å². The van der Waals surface area contributed by atoms with Gasteiger partial charge in [0.15, 0.2) is 0 Å². The average molecular weight is 784 g/mol. The Bertz CT molecular complexity index is 1220. The second kappa shape index (κ2) is 29.0. The Morgan fingerprint density at radius 1 is 0.500 bits per heavy atom. The molecule has 6 atom stereocenters. The number of hydrogen-bond acceptors (Lipinski definition) is 6. The van der Waals surface area contributed by atoms with Gasteiger partial charge in [0.25, 0.3) is 0 Å². The van der Waals surface area contributed by atoms with E-state index >= 15 is 0 Å². The maximum Gasteiger partial charge on any atom is 0.148 e. The normalized spacial score (nSPS) is 21.7. The molecule has 2 heterocycles. The van der Waals surface area contributed by atoms with Crippen LogP contribution in [-0.2, 0) is 41.6 Å². The Labute approximate surface area is 335 Å². The van der Waals surface area contributed by atoms with Gasteiger partial charge in [0.2, 0.25) is 0 Å². The maximum absolute atomic E-state index is 6.44. The van der Waals surface area contributed by atoms with Crippen molar-refractivity contribution in [2.24, 2.45) is 0 Å². The van der Waals surface area contributed by atoms with E-state index in [1.54, 1.807) is 0 Å². The quantitative estimate of drug-likeness (QED) is 0.0511. The lowest BCUT2D eigenvalue weighted by atomic mass is 10.1. The van der Waals surface area contributed by atoms with Gasteiger partial charge in [0.1, 0.15) is 50.2 Å². The van der Waals surface area contributed by atoms with E-state index in [-0.39, 0.29) is 50.2 Å². The third-order valence-corrected chi connectivity index (χ3v) is 10.3. The number of halogens is 2. The van der Waals surface area contributed by atoms with Gasteiger partial charge in [0, 0.05) is 11.8 Å². The summed E-state index contributed by atoms with van der Waals surface area (Å²) in [5, 5.41) is 0. The van der Waals surface area contributed by atoms with Crippen molar-refractivity contribution in [2.75, 3.05) is 25.3 Å². The highest BCUT2D eigenvalue weighted by Crippen LogP contribution is 2.22. The molecule has 2 aromatic rings. The molecule has 4 rings (SSSR count). The summed E-state index contributed by atoms with van der Waals surface area (Å²) in [7, 11) is 0. The van der Waals surface area contributed by atoms with Crippen molar-refractivity contribution >= 4 is 23.2 Å². The summed E-state index contributed by atoms with van der Waals surface area (Å²) in [4.78, 5) is 0. The number of benzene rings is 2. The first-order chi connectivity index (χ1) is 26.8. The molecule has 0 bridgehead atoms. The zero-order valence-corrected chi connectivity index (χ0v) is 33.7. The van der Waals surface area contributed by atoms with Crippen molar-refractivity contribution in [2.45, 2.75) is 140 Å². The highest BCUT2D eigenvalue weighted by molar-refractivity contribution is 6.18. The standard InChI is InChI=1S/C46H64Cl2O6/c47-33-21-11-7-3-1-5-9-19-27-41(49-35-39-23-15-13-16-24-39)43-29-31-45(53-37-51-43)46-32-30-44(52-38-54-46)42(50-36-40-25-17-14-18-26-40)28-20-10-6-2-4-8-12-22-34-48/h13-20,23-32,41-46H,1-12,21-22,33-38H2/b27-19+,28-20+/t41-,42-,43-,44-,45-,46-/m1/s1. The van der Waals surface area contributed by atoms with Crippen molar-refractivity contribution in [1.29, 1.82) is 0 Å². The average Bonchev–Trinajstić information content (AvgIpc) is 3.61. The molecule has 6 nitrogen and oxygen atoms in total. The zero-order valence-electron chi connectivity index (χ0n) is 32.2. The molecule has 0 fully saturated rings. The van der Waals surface area contributed by atoms with Gasteiger partial charge in [-0.05, 0) is 49.7 Å². The molecule has 0 N–H and O–H groups in total. The molecule has 8 heteroatoms. The van der Waals surface area contributed by atoms with E-state index in [2.05, 4.69) is 60.7 Å². The number of rotatable bonds is 27. The molecular weight excluding hydrogens is 719 g/mol. The van der Waals surface area contributed by atoms with E-state index in [0.717, 1.165) is 61.4 Å². The van der Waals surface area contributed by atoms with Crippen LogP contribution in [0.25, 0.3) is 0 Å². The molecule has 0 amide bonds. The number of allylic oxidation sites excluding steroid dienone is 2. The highest BCUT2D eigenvalue weighted by Gasteiger charge is 2.29. The topological polar surface area (TPSA) is 55.4 Å². The first-order valence-corrected chi connectivity index (χ1v) is 21.4. The largest absolute Gasteiger partial charge is 0.366 e. The van der Waals surface area contributed by atoms with E-state index in [1.165, 1.54) is 51.4 Å². The summed E-state index contributed by atoms with van der Waals surface area (Å²) in [5.41, 5.74) is 2.25. The van der Waals surface area contributed by atoms with Gasteiger partial charge in [-0.25, -0.2) is 0 Å². The lowest BCUT2D eigenvalue weighted by molar-refractivity contribution is -0.161. The minimum Gasteiger partial charge on any atom is -0.366 e. The highest BCUT2D eigenvalue weighted by atomic mass is 35.5. The summed E-state index contributed by atoms with van der Waals surface area (Å²) in [6.07, 6.45) is 31.7. The Morgan fingerprint density at radius 3 is 1.30 bits per heavy atom. The Morgan fingerprint density at radius 2 is 0.889 bits per heavy atom. The molecule has 0 aromatic heterocycles. The molecule has 54 heavy (non-hydrogen) atoms. The molecule has 298 valence electrons. The third kappa shape index (κ3) is 18.6. The molecule has 2 aromatic carbocycles. The fourth-order valence-corrected chi connectivity index (χ4v) is 6.89. The van der Waals surface area contributed by atoms with Crippen LogP contribution < -0.4 is 0 Å². The minimum absolute atomic E-state index is 0.125. The fraction of sp³-hybridized carbons (Fsp3) is 0.565. The Hall–Kier alpha value is -2.26. The molecule has 0 unspecified atom stereocenters. The summed E-state index contributed by atoms with van der Waals surface area (Å²) >= 11 is 11.6. The molecule has 0 aliphatic carbocycles. The fourth-order valence-electron chi connectivity index (χ4n) is 6.51. The van der Waals surface area contributed by atoms with Gasteiger partial charge in [-0.2, -0.15) is 0 Å². The summed E-state index contributed by atoms with van der Waals surface area (Å²) < 4.78 is 37.7. The second-order valence-corrected chi connectivity index (χ2v) is 14.9. The van der Waals surface area contributed by atoms with Crippen LogP contribution in [0, 0.1) is 0 Å². The molecule has 0 radical (unpaired) electrons. The van der Waals surface area contributed by atoms with Crippen LogP contribution in [0.2, 0.25) is 0 Å². The number of alkyl halides is 2. The predicted molar refractivity (Wildman–Crippen MR) is 222 cm³/mol. The van der Waals surface area contributed by atoms with E-state index in [1.807, 2.05) is 48.6 Å². The van der Waals surface area contributed by atoms with Gasteiger partial charge in [-0.1, -0.05) is 161 Å². The van der Waals surface area contributed by atoms with E-state index in [9.17, 15) is 0 Å². The van der Waals surface area contributed by atoms with Gasteiger partial charge in [-0.15, -0.1) is 23.2 Å². The number of hydrogen-bond donors (Lipinski definition) is 0. The number of unbranched alkanes of at least 4 members (excludes halogenated alkanes) is 12. The van der Waals surface area contributed by atoms with Crippen molar-refractivity contribution in [3.05, 3.63) is 120 Å². The zero-order chi connectivity index (χ0) is 37.7. The summed E-state index contributed by atoms with van der Waals surface area (Å²) in [6.45, 7) is 1.25. The van der Waals surface area contributed by atoms with Crippen molar-refractivity contribution < 1.29 is 28.4 Å². The minimum atomic E-state index is -0.338. The molecule has 0 spiro atoms. The lowest BCUT2D eigenvalue weighted by Gasteiger charge is -2.22. The Kier molecular flexibility index (Phi) is 23.9. The smallest absolute Gasteiger partial charge is 0.148 e. The van der Waals surface area contributed by atoms with Crippen LogP contribution in [0.4, 0.5) is 0 Å². The van der Waals surface area contributed by atoms with Gasteiger partial charge < -0.3 is 28.4 Å². The van der Waals surface area contributed by atoms with Gasteiger partial charge in [-0.3, -0.25) is 0 Å². The summed E-state index contributed by atoms with van der Waals surface area (Å²) in [6, 6.07) is 20.5. The van der Waals surface area contributed by atoms with Crippen LogP contribution in [0.1, 0.15) is 101 Å².